The first-order chi connectivity index (χ1) is 16.2. The van der Waals surface area contributed by atoms with Crippen molar-refractivity contribution in [2.75, 3.05) is 25.5 Å². The maximum Gasteiger partial charge on any atom is 0.409 e. The third-order valence-electron chi connectivity index (χ3n) is 5.62. The number of benzene rings is 2. The number of carbonyl (C=O) groups excluding carboxylic acids is 1. The molecular formula is C24H23N5O3S. The zero-order valence-electron chi connectivity index (χ0n) is 18.1. The number of nitrogens with one attached hydrogen (secondary N) is 1. The fraction of sp³-hybridized carbons (Fsp3) is 0.250. The molecule has 1 saturated heterocycles. The summed E-state index contributed by atoms with van der Waals surface area (Å²) in [5.41, 5.74) is 2.73. The number of hydrogen-bond acceptors (Lipinski definition) is 8. The van der Waals surface area contributed by atoms with E-state index in [4.69, 9.17) is 9.47 Å². The van der Waals surface area contributed by atoms with Crippen molar-refractivity contribution in [2.45, 2.75) is 18.8 Å². The van der Waals surface area contributed by atoms with Gasteiger partial charge in [0.25, 0.3) is 0 Å². The predicted octanol–water partition coefficient (Wildman–Crippen LogP) is 5.57. The number of likely N-dealkylation sites (tertiary alicyclic amines) is 1. The molecule has 168 valence electrons. The lowest BCUT2D eigenvalue weighted by atomic mass is 9.93. The molecular weight excluding hydrogens is 438 g/mol. The summed E-state index contributed by atoms with van der Waals surface area (Å²) in [6.07, 6.45) is 4.60. The minimum atomic E-state index is -0.288. The third kappa shape index (κ3) is 4.73. The summed E-state index contributed by atoms with van der Waals surface area (Å²) in [5, 5.41) is 4.19. The minimum Gasteiger partial charge on any atom is -0.453 e. The standard InChI is InChI=1S/C24H23N5O3S/c1-31-24(30)29-14-10-16(11-15-29)21-22(26-13-12-25-21)32-18-8-6-17(7-9-18)27-23-28-19-4-2-3-5-20(19)33-23/h2-9,12-13,16H,10-11,14-15H2,1H3,(H,27,28). The number of fused-ring (bicyclic) bond motifs is 1. The van der Waals surface area contributed by atoms with E-state index in [2.05, 4.69) is 26.3 Å². The van der Waals surface area contributed by atoms with Gasteiger partial charge in [0.2, 0.25) is 5.88 Å². The highest BCUT2D eigenvalue weighted by Gasteiger charge is 2.27. The lowest BCUT2D eigenvalue weighted by Gasteiger charge is -2.30. The second-order valence-electron chi connectivity index (χ2n) is 7.72. The van der Waals surface area contributed by atoms with Gasteiger partial charge >= 0.3 is 6.09 Å². The Bertz CT molecular complexity index is 1220. The first-order valence-electron chi connectivity index (χ1n) is 10.7. The van der Waals surface area contributed by atoms with Crippen LogP contribution in [0.1, 0.15) is 24.5 Å². The second-order valence-corrected chi connectivity index (χ2v) is 8.75. The molecule has 0 atom stereocenters. The summed E-state index contributed by atoms with van der Waals surface area (Å²) in [7, 11) is 1.41. The average molecular weight is 462 g/mol. The van der Waals surface area contributed by atoms with E-state index in [-0.39, 0.29) is 12.0 Å². The number of ether oxygens (including phenoxy) is 2. The van der Waals surface area contributed by atoms with Crippen molar-refractivity contribution in [1.82, 2.24) is 19.9 Å². The highest BCUT2D eigenvalue weighted by molar-refractivity contribution is 7.22. The maximum atomic E-state index is 11.7. The normalized spacial score (nSPS) is 14.3. The molecule has 1 aliphatic rings. The van der Waals surface area contributed by atoms with Crippen LogP contribution in [0.2, 0.25) is 0 Å². The Balaban J connectivity index is 1.26. The largest absolute Gasteiger partial charge is 0.453 e. The summed E-state index contributed by atoms with van der Waals surface area (Å²) in [5.74, 6) is 1.36. The number of aromatic nitrogens is 3. The van der Waals surface area contributed by atoms with Crippen LogP contribution in [0.5, 0.6) is 11.6 Å². The van der Waals surface area contributed by atoms with Crippen molar-refractivity contribution in [3.05, 3.63) is 66.6 Å². The molecule has 33 heavy (non-hydrogen) atoms. The number of amides is 1. The van der Waals surface area contributed by atoms with Crippen LogP contribution in [0.15, 0.2) is 60.9 Å². The lowest BCUT2D eigenvalue weighted by Crippen LogP contribution is -2.38. The van der Waals surface area contributed by atoms with Crippen molar-refractivity contribution < 1.29 is 14.3 Å². The molecule has 5 rings (SSSR count). The Hall–Kier alpha value is -3.72. The number of nitrogens with zero attached hydrogens (tertiary/aromatic N) is 4. The molecule has 1 N–H and O–H groups in total. The van der Waals surface area contributed by atoms with Crippen molar-refractivity contribution in [3.8, 4) is 11.6 Å². The van der Waals surface area contributed by atoms with Gasteiger partial charge < -0.3 is 19.7 Å². The van der Waals surface area contributed by atoms with Gasteiger partial charge in [-0.15, -0.1) is 0 Å². The van der Waals surface area contributed by atoms with Crippen LogP contribution in [0, 0.1) is 0 Å². The van der Waals surface area contributed by atoms with Gasteiger partial charge in [-0.3, -0.25) is 4.98 Å². The van der Waals surface area contributed by atoms with E-state index in [1.54, 1.807) is 28.6 Å². The predicted molar refractivity (Wildman–Crippen MR) is 127 cm³/mol. The second kappa shape index (κ2) is 9.41. The molecule has 0 spiro atoms. The fourth-order valence-electron chi connectivity index (χ4n) is 3.93. The molecule has 1 amide bonds. The molecule has 2 aromatic heterocycles. The number of hydrogen-bond donors (Lipinski definition) is 1. The molecule has 0 radical (unpaired) electrons. The van der Waals surface area contributed by atoms with E-state index in [0.29, 0.717) is 24.7 Å². The van der Waals surface area contributed by atoms with Crippen LogP contribution in [0.3, 0.4) is 0 Å². The van der Waals surface area contributed by atoms with Crippen LogP contribution >= 0.6 is 11.3 Å². The summed E-state index contributed by atoms with van der Waals surface area (Å²) < 4.78 is 12.1. The number of thiazole rings is 1. The summed E-state index contributed by atoms with van der Waals surface area (Å²) in [4.78, 5) is 27.0. The fourth-order valence-corrected chi connectivity index (χ4v) is 4.81. The van der Waals surface area contributed by atoms with Gasteiger partial charge in [-0.2, -0.15) is 0 Å². The van der Waals surface area contributed by atoms with Gasteiger partial charge in [0.15, 0.2) is 5.13 Å². The van der Waals surface area contributed by atoms with Gasteiger partial charge in [0, 0.05) is 37.1 Å². The van der Waals surface area contributed by atoms with Gasteiger partial charge in [0.05, 0.1) is 17.3 Å². The van der Waals surface area contributed by atoms with E-state index in [1.807, 2.05) is 42.5 Å². The smallest absolute Gasteiger partial charge is 0.409 e. The van der Waals surface area contributed by atoms with Crippen molar-refractivity contribution in [1.29, 1.82) is 0 Å². The number of carbonyl (C=O) groups is 1. The van der Waals surface area contributed by atoms with Crippen LogP contribution < -0.4 is 10.1 Å². The quantitative estimate of drug-likeness (QED) is 0.416. The molecule has 0 aliphatic carbocycles. The van der Waals surface area contributed by atoms with Crippen molar-refractivity contribution in [3.63, 3.8) is 0 Å². The average Bonchev–Trinajstić information content (AvgIpc) is 3.27. The Morgan fingerprint density at radius 2 is 1.82 bits per heavy atom. The Morgan fingerprint density at radius 1 is 1.06 bits per heavy atom. The Morgan fingerprint density at radius 3 is 2.58 bits per heavy atom. The number of piperidine rings is 1. The van der Waals surface area contributed by atoms with Gasteiger partial charge in [0.1, 0.15) is 11.4 Å². The zero-order valence-corrected chi connectivity index (χ0v) is 18.9. The van der Waals surface area contributed by atoms with Crippen molar-refractivity contribution >= 4 is 38.5 Å². The third-order valence-corrected chi connectivity index (χ3v) is 6.57. The Kier molecular flexibility index (Phi) is 6.03. The molecule has 0 saturated carbocycles. The number of anilines is 2. The van der Waals surface area contributed by atoms with Gasteiger partial charge in [-0.05, 0) is 49.2 Å². The van der Waals surface area contributed by atoms with Crippen molar-refractivity contribution in [2.24, 2.45) is 0 Å². The minimum absolute atomic E-state index is 0.176. The van der Waals surface area contributed by atoms with E-state index in [9.17, 15) is 4.79 Å². The molecule has 3 heterocycles. The van der Waals surface area contributed by atoms with E-state index in [1.165, 1.54) is 7.11 Å². The van der Waals surface area contributed by atoms with E-state index in [0.717, 1.165) is 39.6 Å². The van der Waals surface area contributed by atoms with E-state index >= 15 is 0 Å². The van der Waals surface area contributed by atoms with Crippen LogP contribution in [-0.2, 0) is 4.74 Å². The molecule has 1 fully saturated rings. The molecule has 0 unspecified atom stereocenters. The zero-order chi connectivity index (χ0) is 22.6. The highest BCUT2D eigenvalue weighted by atomic mass is 32.1. The monoisotopic (exact) mass is 461 g/mol. The summed E-state index contributed by atoms with van der Waals surface area (Å²) in [6, 6.07) is 15.8. The highest BCUT2D eigenvalue weighted by Crippen LogP contribution is 2.34. The molecule has 2 aromatic carbocycles. The summed E-state index contributed by atoms with van der Waals surface area (Å²) in [6.45, 7) is 1.25. The number of para-hydroxylation sites is 1. The topological polar surface area (TPSA) is 89.5 Å². The van der Waals surface area contributed by atoms with Crippen LogP contribution in [0.25, 0.3) is 10.2 Å². The first-order valence-corrected chi connectivity index (χ1v) is 11.6. The summed E-state index contributed by atoms with van der Waals surface area (Å²) >= 11 is 1.62. The van der Waals surface area contributed by atoms with Gasteiger partial charge in [-0.25, -0.2) is 14.8 Å². The van der Waals surface area contributed by atoms with E-state index < -0.39 is 0 Å². The lowest BCUT2D eigenvalue weighted by molar-refractivity contribution is 0.112. The Labute approximate surface area is 195 Å². The SMILES string of the molecule is COC(=O)N1CCC(c2nccnc2Oc2ccc(Nc3nc4ccccc4s3)cc2)CC1. The van der Waals surface area contributed by atoms with Crippen LogP contribution in [0.4, 0.5) is 15.6 Å². The van der Waals surface area contributed by atoms with Gasteiger partial charge in [-0.1, -0.05) is 23.5 Å². The van der Waals surface area contributed by atoms with Crippen LogP contribution in [-0.4, -0.2) is 46.1 Å². The molecule has 1 aliphatic heterocycles. The number of methoxy groups -OCH3 is 1. The number of rotatable bonds is 5. The molecule has 4 aromatic rings. The molecule has 0 bridgehead atoms. The maximum absolute atomic E-state index is 11.7. The molecule has 9 heteroatoms. The molecule has 8 nitrogen and oxygen atoms in total. The first kappa shape index (κ1) is 21.1.